The molecule has 0 unspecified atom stereocenters. The van der Waals surface area contributed by atoms with E-state index >= 15 is 0 Å². The molecule has 2 saturated heterocycles. The predicted molar refractivity (Wildman–Crippen MR) is 86.3 cm³/mol. The highest BCUT2D eigenvalue weighted by Crippen LogP contribution is 2.28. The number of aromatic nitrogens is 4. The van der Waals surface area contributed by atoms with E-state index in [4.69, 9.17) is 14.2 Å². The average Bonchev–Trinajstić information content (AvgIpc) is 3.28. The predicted octanol–water partition coefficient (Wildman–Crippen LogP) is 0.305. The summed E-state index contributed by atoms with van der Waals surface area (Å²) >= 11 is 0. The van der Waals surface area contributed by atoms with Gasteiger partial charge < -0.3 is 19.1 Å². The fraction of sp³-hybridized carbons (Fsp3) is 0.500. The van der Waals surface area contributed by atoms with Gasteiger partial charge in [0.05, 0.1) is 26.4 Å². The second-order valence-electron chi connectivity index (χ2n) is 6.01. The van der Waals surface area contributed by atoms with Crippen molar-refractivity contribution in [2.75, 3.05) is 38.3 Å². The Morgan fingerprint density at radius 1 is 1.16 bits per heavy atom. The molecule has 2 aromatic rings. The molecule has 0 amide bonds. The van der Waals surface area contributed by atoms with Crippen LogP contribution in [-0.4, -0.2) is 71.3 Å². The van der Waals surface area contributed by atoms with Crippen LogP contribution in [0.4, 0.5) is 5.82 Å². The summed E-state index contributed by atoms with van der Waals surface area (Å²) in [6.45, 7) is 2.22. The van der Waals surface area contributed by atoms with Crippen molar-refractivity contribution in [2.24, 2.45) is 0 Å². The Bertz CT molecular complexity index is 722. The standard InChI is InChI=1S/C16H19N5O4/c1-23-16(22)14-15(18-5-4-17-14)20-7-12-13(8-20)25-10-11(9-24-12)21-6-2-3-19-21/h2-6,11-13H,7-10H2,1H3/t12-,13-/m0/s1. The summed E-state index contributed by atoms with van der Waals surface area (Å²) in [6, 6.07) is 1.95. The maximum absolute atomic E-state index is 11.9. The minimum Gasteiger partial charge on any atom is -0.464 e. The molecule has 9 nitrogen and oxygen atoms in total. The summed E-state index contributed by atoms with van der Waals surface area (Å²) in [4.78, 5) is 22.3. The third-order valence-electron chi connectivity index (χ3n) is 4.48. The molecule has 0 aromatic carbocycles. The lowest BCUT2D eigenvalue weighted by molar-refractivity contribution is -0.00461. The van der Waals surface area contributed by atoms with Gasteiger partial charge in [-0.25, -0.2) is 14.8 Å². The van der Waals surface area contributed by atoms with Gasteiger partial charge in [-0.3, -0.25) is 4.68 Å². The monoisotopic (exact) mass is 345 g/mol. The third kappa shape index (κ3) is 3.08. The zero-order chi connectivity index (χ0) is 17.2. The molecule has 0 N–H and O–H groups in total. The number of methoxy groups -OCH3 is 1. The smallest absolute Gasteiger partial charge is 0.360 e. The molecule has 2 aromatic heterocycles. The molecule has 2 fully saturated rings. The normalized spacial score (nSPS) is 24.0. The molecule has 0 spiro atoms. The fourth-order valence-corrected chi connectivity index (χ4v) is 3.21. The zero-order valence-corrected chi connectivity index (χ0v) is 13.8. The zero-order valence-electron chi connectivity index (χ0n) is 13.8. The highest BCUT2D eigenvalue weighted by Gasteiger charge is 2.39. The van der Waals surface area contributed by atoms with Crippen molar-refractivity contribution < 1.29 is 19.0 Å². The van der Waals surface area contributed by atoms with Gasteiger partial charge in [-0.05, 0) is 6.07 Å². The van der Waals surface area contributed by atoms with E-state index in [0.29, 0.717) is 32.1 Å². The SMILES string of the molecule is COC(=O)c1nccnc1N1C[C@@H]2OCC(n3cccn3)CO[C@H]2C1. The third-order valence-corrected chi connectivity index (χ3v) is 4.48. The van der Waals surface area contributed by atoms with Crippen LogP contribution in [0.15, 0.2) is 30.9 Å². The van der Waals surface area contributed by atoms with Crippen molar-refractivity contribution in [3.63, 3.8) is 0 Å². The molecule has 2 atom stereocenters. The molecule has 0 bridgehead atoms. The second kappa shape index (κ2) is 6.77. The Morgan fingerprint density at radius 3 is 2.52 bits per heavy atom. The van der Waals surface area contributed by atoms with Crippen LogP contribution in [-0.2, 0) is 14.2 Å². The van der Waals surface area contributed by atoms with Gasteiger partial charge in [0.25, 0.3) is 0 Å². The summed E-state index contributed by atoms with van der Waals surface area (Å²) in [5.74, 6) is -0.00553. The maximum atomic E-state index is 11.9. The van der Waals surface area contributed by atoms with E-state index < -0.39 is 5.97 Å². The average molecular weight is 345 g/mol. The van der Waals surface area contributed by atoms with E-state index in [1.807, 2.05) is 21.8 Å². The summed E-state index contributed by atoms with van der Waals surface area (Å²) in [6.07, 6.45) is 6.51. The number of hydrogen-bond acceptors (Lipinski definition) is 8. The van der Waals surface area contributed by atoms with Crippen molar-refractivity contribution in [3.05, 3.63) is 36.5 Å². The molecule has 0 saturated carbocycles. The van der Waals surface area contributed by atoms with Crippen molar-refractivity contribution >= 4 is 11.8 Å². The van der Waals surface area contributed by atoms with E-state index in [-0.39, 0.29) is 23.9 Å². The molecule has 0 aliphatic carbocycles. The first-order valence-corrected chi connectivity index (χ1v) is 8.13. The van der Waals surface area contributed by atoms with Crippen LogP contribution in [0.2, 0.25) is 0 Å². The van der Waals surface area contributed by atoms with Gasteiger partial charge in [0.15, 0.2) is 11.5 Å². The molecule has 9 heteroatoms. The lowest BCUT2D eigenvalue weighted by Gasteiger charge is -2.20. The van der Waals surface area contributed by atoms with E-state index in [0.717, 1.165) is 0 Å². The minimum absolute atomic E-state index is 0.0659. The first-order valence-electron chi connectivity index (χ1n) is 8.13. The van der Waals surface area contributed by atoms with Gasteiger partial charge in [-0.15, -0.1) is 0 Å². The quantitative estimate of drug-likeness (QED) is 0.734. The number of nitrogens with zero attached hydrogens (tertiary/aromatic N) is 5. The van der Waals surface area contributed by atoms with E-state index in [9.17, 15) is 4.79 Å². The van der Waals surface area contributed by atoms with E-state index in [1.165, 1.54) is 13.3 Å². The number of ether oxygens (including phenoxy) is 3. The van der Waals surface area contributed by atoms with Crippen molar-refractivity contribution in [2.45, 2.75) is 18.2 Å². The molecule has 2 aliphatic rings. The maximum Gasteiger partial charge on any atom is 0.360 e. The van der Waals surface area contributed by atoms with Crippen LogP contribution in [0.5, 0.6) is 0 Å². The van der Waals surface area contributed by atoms with Gasteiger partial charge in [-0.1, -0.05) is 0 Å². The number of hydrogen-bond donors (Lipinski definition) is 0. The summed E-state index contributed by atoms with van der Waals surface area (Å²) in [7, 11) is 1.33. The Kier molecular flexibility index (Phi) is 4.33. The lowest BCUT2D eigenvalue weighted by atomic mass is 10.3. The number of carbonyl (C=O) groups excluding carboxylic acids is 1. The van der Waals surface area contributed by atoms with Gasteiger partial charge >= 0.3 is 5.97 Å². The van der Waals surface area contributed by atoms with Crippen LogP contribution in [0, 0.1) is 0 Å². The Balaban J connectivity index is 1.48. The highest BCUT2D eigenvalue weighted by atomic mass is 16.6. The fourth-order valence-electron chi connectivity index (χ4n) is 3.21. The van der Waals surface area contributed by atoms with Crippen LogP contribution in [0.1, 0.15) is 16.5 Å². The van der Waals surface area contributed by atoms with Crippen LogP contribution >= 0.6 is 0 Å². The number of esters is 1. The van der Waals surface area contributed by atoms with Crippen molar-refractivity contribution in [3.8, 4) is 0 Å². The van der Waals surface area contributed by atoms with Gasteiger partial charge in [0.2, 0.25) is 0 Å². The lowest BCUT2D eigenvalue weighted by Crippen LogP contribution is -2.28. The summed E-state index contributed by atoms with van der Waals surface area (Å²) in [5.41, 5.74) is 0.205. The minimum atomic E-state index is -0.504. The molecular formula is C16H19N5O4. The second-order valence-corrected chi connectivity index (χ2v) is 6.01. The Hall–Kier alpha value is -2.52. The molecular weight excluding hydrogens is 326 g/mol. The molecule has 25 heavy (non-hydrogen) atoms. The number of rotatable bonds is 3. The number of fused-ring (bicyclic) bond motifs is 1. The van der Waals surface area contributed by atoms with E-state index in [1.54, 1.807) is 12.4 Å². The van der Waals surface area contributed by atoms with Crippen LogP contribution in [0.25, 0.3) is 0 Å². The first kappa shape index (κ1) is 16.0. The topological polar surface area (TPSA) is 91.6 Å². The molecule has 4 rings (SSSR count). The van der Waals surface area contributed by atoms with Crippen molar-refractivity contribution in [1.82, 2.24) is 19.7 Å². The number of anilines is 1. The molecule has 132 valence electrons. The van der Waals surface area contributed by atoms with Crippen molar-refractivity contribution in [1.29, 1.82) is 0 Å². The molecule has 4 heterocycles. The molecule has 2 aliphatic heterocycles. The van der Waals surface area contributed by atoms with Gasteiger partial charge in [-0.2, -0.15) is 5.10 Å². The van der Waals surface area contributed by atoms with Crippen LogP contribution < -0.4 is 4.90 Å². The Morgan fingerprint density at radius 2 is 1.88 bits per heavy atom. The summed E-state index contributed by atoms with van der Waals surface area (Å²) < 4.78 is 18.7. The van der Waals surface area contributed by atoms with Crippen LogP contribution in [0.3, 0.4) is 0 Å². The first-order chi connectivity index (χ1) is 12.3. The molecule has 0 radical (unpaired) electrons. The number of carbonyl (C=O) groups is 1. The summed E-state index contributed by atoms with van der Waals surface area (Å²) in [5, 5.41) is 4.26. The van der Waals surface area contributed by atoms with Gasteiger partial charge in [0, 0.05) is 37.9 Å². The highest BCUT2D eigenvalue weighted by molar-refractivity contribution is 5.92. The Labute approximate surface area is 144 Å². The largest absolute Gasteiger partial charge is 0.464 e. The van der Waals surface area contributed by atoms with E-state index in [2.05, 4.69) is 15.1 Å². The van der Waals surface area contributed by atoms with Gasteiger partial charge in [0.1, 0.15) is 12.2 Å².